The molecule has 6 nitrogen and oxygen atoms in total. The van der Waals surface area contributed by atoms with E-state index in [0.29, 0.717) is 23.7 Å². The predicted octanol–water partition coefficient (Wildman–Crippen LogP) is 5.72. The summed E-state index contributed by atoms with van der Waals surface area (Å²) in [6.45, 7) is 1.94. The zero-order chi connectivity index (χ0) is 22.2. The molecule has 32 heavy (non-hydrogen) atoms. The molecule has 0 unspecified atom stereocenters. The highest BCUT2D eigenvalue weighted by atomic mass is 19.1. The van der Waals surface area contributed by atoms with Crippen molar-refractivity contribution < 1.29 is 18.3 Å². The number of aromatic nitrogens is 2. The molecule has 0 radical (unpaired) electrons. The number of hydrogen-bond acceptors (Lipinski definition) is 5. The smallest absolute Gasteiger partial charge is 0.161 e. The number of furan rings is 1. The number of benzene rings is 2. The van der Waals surface area contributed by atoms with Gasteiger partial charge >= 0.3 is 0 Å². The largest absolute Gasteiger partial charge is 0.493 e. The quantitative estimate of drug-likeness (QED) is 0.405. The molecule has 3 heterocycles. The second kappa shape index (κ2) is 8.00. The van der Waals surface area contributed by atoms with Crippen LogP contribution in [0.25, 0.3) is 11.1 Å². The van der Waals surface area contributed by atoms with Crippen LogP contribution in [0.5, 0.6) is 11.5 Å². The summed E-state index contributed by atoms with van der Waals surface area (Å²) in [7, 11) is 3.22. The van der Waals surface area contributed by atoms with Crippen LogP contribution in [-0.2, 0) is 0 Å². The third-order valence-corrected chi connectivity index (χ3v) is 5.70. The molecule has 0 bridgehead atoms. The summed E-state index contributed by atoms with van der Waals surface area (Å²) >= 11 is 0. The molecular weight excluding hydrogens is 409 g/mol. The summed E-state index contributed by atoms with van der Waals surface area (Å²) in [5.41, 5.74) is 4.36. The van der Waals surface area contributed by atoms with Gasteiger partial charge < -0.3 is 13.9 Å². The summed E-state index contributed by atoms with van der Waals surface area (Å²) in [5, 5.41) is 4.79. The van der Waals surface area contributed by atoms with Gasteiger partial charge in [0.1, 0.15) is 17.6 Å². The van der Waals surface area contributed by atoms with E-state index in [1.165, 1.54) is 12.1 Å². The van der Waals surface area contributed by atoms with Gasteiger partial charge in [-0.3, -0.25) is 0 Å². The number of aliphatic imine (C=N–C) groups is 1. The minimum absolute atomic E-state index is 0.159. The van der Waals surface area contributed by atoms with E-state index in [0.717, 1.165) is 33.9 Å². The van der Waals surface area contributed by atoms with Gasteiger partial charge in [-0.25, -0.2) is 14.1 Å². The van der Waals surface area contributed by atoms with E-state index in [1.807, 2.05) is 41.9 Å². The third-order valence-electron chi connectivity index (χ3n) is 5.70. The fourth-order valence-corrected chi connectivity index (χ4v) is 4.16. The minimum Gasteiger partial charge on any atom is -0.493 e. The third kappa shape index (κ3) is 3.36. The highest BCUT2D eigenvalue weighted by Gasteiger charge is 2.31. The molecule has 2 aromatic carbocycles. The lowest BCUT2D eigenvalue weighted by atomic mass is 9.98. The first-order valence-corrected chi connectivity index (χ1v) is 10.3. The standard InChI is InChI=1S/C25H22FN3O3/c1-15-24(16-6-9-18(26)10-7-16)25-27-19(17-8-11-22(30-2)23(13-17)31-3)14-20(29(25)28-15)21-5-4-12-32-21/h4-13,20H,14H2,1-3H3/t20-/m1/s1. The Balaban J connectivity index is 1.70. The fourth-order valence-electron chi connectivity index (χ4n) is 4.16. The zero-order valence-corrected chi connectivity index (χ0v) is 18.0. The Bertz CT molecular complexity index is 1290. The first-order valence-electron chi connectivity index (χ1n) is 10.3. The predicted molar refractivity (Wildman–Crippen MR) is 120 cm³/mol. The van der Waals surface area contributed by atoms with Gasteiger partial charge in [-0.1, -0.05) is 12.1 Å². The molecule has 0 fully saturated rings. The van der Waals surface area contributed by atoms with Gasteiger partial charge in [0.05, 0.1) is 31.9 Å². The van der Waals surface area contributed by atoms with Gasteiger partial charge in [-0.05, 0) is 55.0 Å². The van der Waals surface area contributed by atoms with Gasteiger partial charge in [0.2, 0.25) is 0 Å². The summed E-state index contributed by atoms with van der Waals surface area (Å²) in [6.07, 6.45) is 2.26. The van der Waals surface area contributed by atoms with Gasteiger partial charge in [-0.15, -0.1) is 0 Å². The molecule has 0 saturated heterocycles. The zero-order valence-electron chi connectivity index (χ0n) is 18.0. The average molecular weight is 431 g/mol. The van der Waals surface area contributed by atoms with Crippen LogP contribution in [-0.4, -0.2) is 29.7 Å². The Labute approximate surface area is 184 Å². The molecule has 7 heteroatoms. The van der Waals surface area contributed by atoms with Gasteiger partial charge in [0.25, 0.3) is 0 Å². The number of nitrogens with zero attached hydrogens (tertiary/aromatic N) is 3. The summed E-state index contributed by atoms with van der Waals surface area (Å²) in [5.74, 6) is 2.52. The molecule has 1 atom stereocenters. The fraction of sp³-hybridized carbons (Fsp3) is 0.200. The second-order valence-electron chi connectivity index (χ2n) is 7.60. The van der Waals surface area contributed by atoms with E-state index in [9.17, 15) is 4.39 Å². The molecule has 0 saturated carbocycles. The van der Waals surface area contributed by atoms with Crippen molar-refractivity contribution >= 4 is 11.5 Å². The van der Waals surface area contributed by atoms with Crippen LogP contribution in [0.2, 0.25) is 0 Å². The lowest BCUT2D eigenvalue weighted by Gasteiger charge is -2.24. The number of hydrogen-bond donors (Lipinski definition) is 0. The van der Waals surface area contributed by atoms with Crippen molar-refractivity contribution in [1.29, 1.82) is 0 Å². The van der Waals surface area contributed by atoms with Crippen molar-refractivity contribution in [3.63, 3.8) is 0 Å². The molecule has 0 aliphatic carbocycles. The van der Waals surface area contributed by atoms with E-state index >= 15 is 0 Å². The summed E-state index contributed by atoms with van der Waals surface area (Å²) < 4.78 is 32.1. The molecular formula is C25H22FN3O3. The molecule has 2 aromatic heterocycles. The van der Waals surface area contributed by atoms with Crippen LogP contribution in [0.15, 0.2) is 70.3 Å². The van der Waals surface area contributed by atoms with Crippen LogP contribution < -0.4 is 9.47 Å². The van der Waals surface area contributed by atoms with E-state index < -0.39 is 0 Å². The van der Waals surface area contributed by atoms with Gasteiger partial charge in [0.15, 0.2) is 17.3 Å². The Morgan fingerprint density at radius 1 is 1.00 bits per heavy atom. The Morgan fingerprint density at radius 3 is 2.44 bits per heavy atom. The first-order chi connectivity index (χ1) is 15.6. The van der Waals surface area contributed by atoms with E-state index in [4.69, 9.17) is 24.0 Å². The number of fused-ring (bicyclic) bond motifs is 1. The SMILES string of the molecule is COc1ccc(C2=Nc3c(-c4ccc(F)cc4)c(C)nn3[C@@H](c3ccco3)C2)cc1OC. The van der Waals surface area contributed by atoms with E-state index in [2.05, 4.69) is 0 Å². The monoisotopic (exact) mass is 431 g/mol. The molecule has 5 rings (SSSR count). The van der Waals surface area contributed by atoms with E-state index in [1.54, 1.807) is 32.6 Å². The number of methoxy groups -OCH3 is 2. The van der Waals surface area contributed by atoms with Crippen molar-refractivity contribution in [1.82, 2.24) is 9.78 Å². The molecule has 0 spiro atoms. The molecule has 162 valence electrons. The molecule has 1 aliphatic heterocycles. The summed E-state index contributed by atoms with van der Waals surface area (Å²) in [6, 6.07) is 15.8. The van der Waals surface area contributed by atoms with Gasteiger partial charge in [0, 0.05) is 17.5 Å². The summed E-state index contributed by atoms with van der Waals surface area (Å²) in [4.78, 5) is 5.01. The highest BCUT2D eigenvalue weighted by Crippen LogP contribution is 2.42. The molecule has 0 N–H and O–H groups in total. The Kier molecular flexibility index (Phi) is 5.01. The van der Waals surface area contributed by atoms with Crippen molar-refractivity contribution in [2.45, 2.75) is 19.4 Å². The van der Waals surface area contributed by atoms with Crippen molar-refractivity contribution in [3.05, 3.63) is 83.7 Å². The minimum atomic E-state index is -0.282. The number of rotatable bonds is 5. The van der Waals surface area contributed by atoms with Crippen molar-refractivity contribution in [2.75, 3.05) is 14.2 Å². The number of halogens is 1. The molecule has 0 amide bonds. The maximum Gasteiger partial charge on any atom is 0.161 e. The lowest BCUT2D eigenvalue weighted by Crippen LogP contribution is -2.21. The highest BCUT2D eigenvalue weighted by molar-refractivity contribution is 6.04. The number of ether oxygens (including phenoxy) is 2. The normalized spacial score (nSPS) is 15.2. The molecule has 4 aromatic rings. The maximum atomic E-state index is 13.5. The lowest BCUT2D eigenvalue weighted by molar-refractivity contribution is 0.355. The van der Waals surface area contributed by atoms with Crippen molar-refractivity contribution in [3.8, 4) is 22.6 Å². The van der Waals surface area contributed by atoms with E-state index in [-0.39, 0.29) is 11.9 Å². The van der Waals surface area contributed by atoms with Gasteiger partial charge in [-0.2, -0.15) is 5.10 Å². The average Bonchev–Trinajstić information content (AvgIpc) is 3.46. The Hall–Kier alpha value is -3.87. The van der Waals surface area contributed by atoms with Crippen LogP contribution in [0, 0.1) is 12.7 Å². The first kappa shape index (κ1) is 20.1. The van der Waals surface area contributed by atoms with Crippen LogP contribution in [0.4, 0.5) is 10.2 Å². The molecule has 1 aliphatic rings. The van der Waals surface area contributed by atoms with Crippen LogP contribution in [0.1, 0.15) is 29.5 Å². The topological polar surface area (TPSA) is 61.8 Å². The Morgan fingerprint density at radius 2 is 1.75 bits per heavy atom. The van der Waals surface area contributed by atoms with Crippen LogP contribution in [0.3, 0.4) is 0 Å². The maximum absolute atomic E-state index is 13.5. The van der Waals surface area contributed by atoms with Crippen LogP contribution >= 0.6 is 0 Å². The van der Waals surface area contributed by atoms with Crippen molar-refractivity contribution in [2.24, 2.45) is 4.99 Å². The second-order valence-corrected chi connectivity index (χ2v) is 7.60. The number of aryl methyl sites for hydroxylation is 1.